The van der Waals surface area contributed by atoms with E-state index in [1.54, 1.807) is 5.57 Å². The molecule has 40 heavy (non-hydrogen) atoms. The number of hydrogen-bond acceptors (Lipinski definition) is 0. The van der Waals surface area contributed by atoms with E-state index in [-0.39, 0.29) is 9.90 Å². The second kappa shape index (κ2) is 19.6. The normalized spacial score (nSPS) is 32.0. The van der Waals surface area contributed by atoms with Crippen molar-refractivity contribution in [3.05, 3.63) is 23.3 Å². The molecule has 2 fully saturated rings. The lowest BCUT2D eigenvalue weighted by molar-refractivity contribution is -0.0453. The van der Waals surface area contributed by atoms with Crippen LogP contribution < -0.4 is 0 Å². The van der Waals surface area contributed by atoms with Crippen molar-refractivity contribution in [2.24, 2.45) is 46.3 Å². The highest BCUT2D eigenvalue weighted by Gasteiger charge is 2.58. The molecule has 2 heteroatoms. The van der Waals surface area contributed by atoms with Crippen LogP contribution in [0.4, 0.5) is 0 Å². The molecular weight excluding hydrogens is 518 g/mol. The SMILES string of the molecule is C#CC1=CC2=CCC3C4CC[C@H]([C@H](C)CCCC(C)C)C4(C)CCC3[C@@]2(C)CC1.C#CCCC.CC.CCP.P. The Morgan fingerprint density at radius 1 is 1.00 bits per heavy atom. The first kappa shape index (κ1) is 39.5. The van der Waals surface area contributed by atoms with E-state index in [2.05, 4.69) is 81.7 Å². The van der Waals surface area contributed by atoms with Crippen LogP contribution in [-0.4, -0.2) is 6.16 Å². The van der Waals surface area contributed by atoms with Crippen molar-refractivity contribution in [2.75, 3.05) is 6.16 Å². The maximum atomic E-state index is 5.74. The number of fused-ring (bicyclic) bond motifs is 5. The highest BCUT2D eigenvalue weighted by Crippen LogP contribution is 2.67. The molecule has 2 saturated carbocycles. The standard InChI is InChI=1S/C29H44.C5H8.C2H7P.C2H6.H3P/c1-7-22-15-17-28(5)23(19-22)11-12-24-26-14-13-25(21(4)10-8-9-20(2)3)29(26,6)18-16-27(24)28;1-3-5-4-2;1-2-3;1-2;/h1,11,19-21,24-27H,8-10,12-18H2,2-6H3;1H,4-5H2,2H3;2-3H2,1H3;1-2H3;1H3/t21-,24?,25-,26?,27?,28+,29?;;;;/m1..../s1. The van der Waals surface area contributed by atoms with E-state index in [1.807, 2.05) is 13.8 Å². The topological polar surface area (TPSA) is 0 Å². The number of hydrogen-bond donors (Lipinski definition) is 0. The monoisotopic (exact) mass is 586 g/mol. The molecule has 4 rings (SSSR count). The van der Waals surface area contributed by atoms with Crippen molar-refractivity contribution < 1.29 is 0 Å². The summed E-state index contributed by atoms with van der Waals surface area (Å²) in [4.78, 5) is 0. The average Bonchev–Trinajstić information content (AvgIpc) is 3.28. The molecule has 0 saturated heterocycles. The lowest BCUT2D eigenvalue weighted by Crippen LogP contribution is -2.49. The Morgan fingerprint density at radius 2 is 1.65 bits per heavy atom. The Labute approximate surface area is 258 Å². The minimum Gasteiger partial charge on any atom is -0.153 e. The Kier molecular flexibility index (Phi) is 19.3. The van der Waals surface area contributed by atoms with E-state index >= 15 is 0 Å². The fraction of sp³-hybridized carbons (Fsp3) is 0.789. The fourth-order valence-corrected chi connectivity index (χ4v) is 8.61. The van der Waals surface area contributed by atoms with Crippen LogP contribution in [0.3, 0.4) is 0 Å². The summed E-state index contributed by atoms with van der Waals surface area (Å²) in [6.45, 7) is 20.8. The molecule has 0 aromatic rings. The lowest BCUT2D eigenvalue weighted by Gasteiger charge is -2.57. The summed E-state index contributed by atoms with van der Waals surface area (Å²) in [5.74, 6) is 10.9. The smallest absolute Gasteiger partial charge is 0.00834 e. The summed E-state index contributed by atoms with van der Waals surface area (Å²) in [6, 6.07) is 0. The van der Waals surface area contributed by atoms with Gasteiger partial charge >= 0.3 is 0 Å². The summed E-state index contributed by atoms with van der Waals surface area (Å²) >= 11 is 0. The third-order valence-corrected chi connectivity index (χ3v) is 10.5. The van der Waals surface area contributed by atoms with Crippen molar-refractivity contribution in [3.63, 3.8) is 0 Å². The summed E-state index contributed by atoms with van der Waals surface area (Å²) < 4.78 is 0. The first-order valence-electron chi connectivity index (χ1n) is 16.6. The van der Waals surface area contributed by atoms with Crippen LogP contribution in [0.2, 0.25) is 0 Å². The van der Waals surface area contributed by atoms with Gasteiger partial charge in [0.1, 0.15) is 0 Å². The van der Waals surface area contributed by atoms with Crippen LogP contribution in [0, 0.1) is 71.0 Å². The van der Waals surface area contributed by atoms with Gasteiger partial charge in [0.2, 0.25) is 0 Å². The van der Waals surface area contributed by atoms with Gasteiger partial charge < -0.3 is 0 Å². The van der Waals surface area contributed by atoms with E-state index in [9.17, 15) is 0 Å². The highest BCUT2D eigenvalue weighted by molar-refractivity contribution is 7.16. The van der Waals surface area contributed by atoms with Crippen LogP contribution in [0.15, 0.2) is 23.3 Å². The molecule has 0 nitrogen and oxygen atoms in total. The van der Waals surface area contributed by atoms with E-state index in [0.29, 0.717) is 10.8 Å². The molecule has 0 bridgehead atoms. The Balaban J connectivity index is 0.00000121. The number of unbranched alkanes of at least 4 members (excludes halogenated alkanes) is 1. The molecule has 0 aromatic carbocycles. The van der Waals surface area contributed by atoms with Crippen LogP contribution in [0.25, 0.3) is 0 Å². The molecule has 0 aliphatic heterocycles. The lowest BCUT2D eigenvalue weighted by atomic mass is 9.47. The average molecular weight is 587 g/mol. The van der Waals surface area contributed by atoms with Gasteiger partial charge in [0, 0.05) is 12.0 Å². The molecule has 0 radical (unpaired) electrons. The minimum absolute atomic E-state index is 0. The van der Waals surface area contributed by atoms with Gasteiger partial charge in [-0.2, -0.15) is 9.90 Å². The molecule has 230 valence electrons. The van der Waals surface area contributed by atoms with Gasteiger partial charge in [-0.1, -0.05) is 93.6 Å². The molecular formula is C38H68P2. The summed E-state index contributed by atoms with van der Waals surface area (Å²) in [5.41, 5.74) is 3.78. The fourth-order valence-electron chi connectivity index (χ4n) is 8.61. The zero-order valence-corrected chi connectivity index (χ0v) is 30.8. The zero-order chi connectivity index (χ0) is 29.6. The quantitative estimate of drug-likeness (QED) is 0.214. The van der Waals surface area contributed by atoms with Gasteiger partial charge in [0.25, 0.3) is 0 Å². The molecule has 0 N–H and O–H groups in total. The van der Waals surface area contributed by atoms with E-state index in [4.69, 9.17) is 12.8 Å². The second-order valence-electron chi connectivity index (χ2n) is 13.4. The number of rotatable bonds is 6. The van der Waals surface area contributed by atoms with Crippen LogP contribution in [0.5, 0.6) is 0 Å². The van der Waals surface area contributed by atoms with Crippen molar-refractivity contribution in [3.8, 4) is 24.7 Å². The van der Waals surface area contributed by atoms with E-state index in [0.717, 1.165) is 54.8 Å². The van der Waals surface area contributed by atoms with Crippen LogP contribution >= 0.6 is 19.1 Å². The summed E-state index contributed by atoms with van der Waals surface area (Å²) in [7, 11) is 2.58. The second-order valence-corrected chi connectivity index (χ2v) is 14.2. The first-order chi connectivity index (χ1) is 18.6. The molecule has 0 amide bonds. The largest absolute Gasteiger partial charge is 0.153 e. The predicted molar refractivity (Wildman–Crippen MR) is 192 cm³/mol. The maximum absolute atomic E-state index is 5.74. The first-order valence-corrected chi connectivity index (χ1v) is 17.5. The third kappa shape index (κ3) is 9.75. The van der Waals surface area contributed by atoms with Crippen LogP contribution in [0.1, 0.15) is 139 Å². The Hall–Kier alpha value is -0.540. The molecule has 0 spiro atoms. The molecule has 0 heterocycles. The molecule has 4 aliphatic rings. The van der Waals surface area contributed by atoms with Gasteiger partial charge in [-0.15, -0.1) is 28.0 Å². The Bertz CT molecular complexity index is 852. The third-order valence-electron chi connectivity index (χ3n) is 10.5. The van der Waals surface area contributed by atoms with Gasteiger partial charge in [0.15, 0.2) is 0 Å². The van der Waals surface area contributed by atoms with Crippen LogP contribution in [-0.2, 0) is 0 Å². The van der Waals surface area contributed by atoms with Gasteiger partial charge in [-0.3, -0.25) is 0 Å². The minimum atomic E-state index is 0. The number of allylic oxidation sites excluding steroid dienone is 4. The molecule has 6 unspecified atom stereocenters. The number of terminal acetylenes is 2. The van der Waals surface area contributed by atoms with E-state index in [1.165, 1.54) is 69.5 Å². The predicted octanol–water partition coefficient (Wildman–Crippen LogP) is 11.6. The van der Waals surface area contributed by atoms with Gasteiger partial charge in [0.05, 0.1) is 0 Å². The summed E-state index contributed by atoms with van der Waals surface area (Å²) in [6.07, 6.45) is 32.6. The molecule has 9 atom stereocenters. The van der Waals surface area contributed by atoms with Crippen molar-refractivity contribution in [1.29, 1.82) is 0 Å². The molecule has 4 aliphatic carbocycles. The van der Waals surface area contributed by atoms with Crippen molar-refractivity contribution >= 4 is 19.1 Å². The maximum Gasteiger partial charge on any atom is 0.00834 e. The highest BCUT2D eigenvalue weighted by atomic mass is 31.0. The molecule has 0 aromatic heterocycles. The zero-order valence-electron chi connectivity index (χ0n) is 28.3. The Morgan fingerprint density at radius 3 is 2.17 bits per heavy atom. The van der Waals surface area contributed by atoms with Gasteiger partial charge in [-0.25, -0.2) is 0 Å². The van der Waals surface area contributed by atoms with Crippen molar-refractivity contribution in [1.82, 2.24) is 0 Å². The van der Waals surface area contributed by atoms with Gasteiger partial charge in [-0.05, 0) is 116 Å². The van der Waals surface area contributed by atoms with Crippen molar-refractivity contribution in [2.45, 2.75) is 139 Å². The van der Waals surface area contributed by atoms with E-state index < -0.39 is 0 Å². The summed E-state index contributed by atoms with van der Waals surface area (Å²) in [5, 5.41) is 0.